The summed E-state index contributed by atoms with van der Waals surface area (Å²) in [6.07, 6.45) is 4.83. The number of halogens is 1. The van der Waals surface area contributed by atoms with Crippen molar-refractivity contribution in [2.24, 2.45) is 7.05 Å². The molecule has 3 nitrogen and oxygen atoms in total. The summed E-state index contributed by atoms with van der Waals surface area (Å²) in [6.45, 7) is 6.82. The lowest BCUT2D eigenvalue weighted by Gasteiger charge is -2.42. The maximum absolute atomic E-state index is 13.6. The molecule has 0 N–H and O–H groups in total. The van der Waals surface area contributed by atoms with E-state index < -0.39 is 0 Å². The second-order valence-electron chi connectivity index (χ2n) is 7.00. The number of aryl methyl sites for hydroxylation is 1. The van der Waals surface area contributed by atoms with Crippen LogP contribution in [0.3, 0.4) is 0 Å². The highest BCUT2D eigenvalue weighted by Gasteiger charge is 2.34. The Morgan fingerprint density at radius 3 is 3.00 bits per heavy atom. The first kappa shape index (κ1) is 14.2. The van der Waals surface area contributed by atoms with Gasteiger partial charge in [0.1, 0.15) is 5.82 Å². The van der Waals surface area contributed by atoms with Crippen molar-refractivity contribution in [3.8, 4) is 0 Å². The van der Waals surface area contributed by atoms with Crippen molar-refractivity contribution in [2.45, 2.75) is 38.4 Å². The standard InChI is InChI=1S/C18H24FN3/c1-13-9-21-7-3-4-16(21)12-22(13)11-14-10-20(2)18-6-5-15(19)8-17(14)18/h5-6,8,10,13,16H,3-4,7,9,11-12H2,1-2H3/t13-,16-/m0/s1. The van der Waals surface area contributed by atoms with E-state index in [4.69, 9.17) is 0 Å². The van der Waals surface area contributed by atoms with E-state index in [2.05, 4.69) is 27.5 Å². The molecule has 1 aromatic heterocycles. The van der Waals surface area contributed by atoms with Crippen LogP contribution in [0.1, 0.15) is 25.3 Å². The fourth-order valence-corrected chi connectivity index (χ4v) is 4.26. The topological polar surface area (TPSA) is 11.4 Å². The smallest absolute Gasteiger partial charge is 0.123 e. The molecule has 0 aliphatic carbocycles. The van der Waals surface area contributed by atoms with Gasteiger partial charge in [-0.15, -0.1) is 0 Å². The number of piperazine rings is 1. The van der Waals surface area contributed by atoms with Crippen LogP contribution in [0.25, 0.3) is 10.9 Å². The average Bonchev–Trinajstić information content (AvgIpc) is 3.04. The highest BCUT2D eigenvalue weighted by Crippen LogP contribution is 2.28. The number of hydrogen-bond acceptors (Lipinski definition) is 2. The Labute approximate surface area is 131 Å². The van der Waals surface area contributed by atoms with E-state index in [0.717, 1.165) is 30.0 Å². The molecule has 2 aromatic rings. The largest absolute Gasteiger partial charge is 0.350 e. The van der Waals surface area contributed by atoms with Crippen molar-refractivity contribution >= 4 is 10.9 Å². The molecule has 0 amide bonds. The van der Waals surface area contributed by atoms with Crippen molar-refractivity contribution in [1.82, 2.24) is 14.4 Å². The Morgan fingerprint density at radius 2 is 2.14 bits per heavy atom. The normalized spacial score (nSPS) is 26.7. The number of benzene rings is 1. The second-order valence-corrected chi connectivity index (χ2v) is 7.00. The molecular formula is C18H24FN3. The number of hydrogen-bond donors (Lipinski definition) is 0. The van der Waals surface area contributed by atoms with Crippen molar-refractivity contribution in [3.05, 3.63) is 35.8 Å². The molecule has 4 heteroatoms. The van der Waals surface area contributed by atoms with E-state index in [1.54, 1.807) is 12.1 Å². The lowest BCUT2D eigenvalue weighted by Crippen LogP contribution is -2.54. The summed E-state index contributed by atoms with van der Waals surface area (Å²) in [5.74, 6) is -0.145. The molecule has 0 radical (unpaired) electrons. The quantitative estimate of drug-likeness (QED) is 0.845. The average molecular weight is 301 g/mol. The van der Waals surface area contributed by atoms with Gasteiger partial charge in [0.2, 0.25) is 0 Å². The van der Waals surface area contributed by atoms with E-state index in [0.29, 0.717) is 6.04 Å². The van der Waals surface area contributed by atoms with Crippen molar-refractivity contribution in [1.29, 1.82) is 0 Å². The van der Waals surface area contributed by atoms with Gasteiger partial charge in [-0.1, -0.05) is 0 Å². The van der Waals surface area contributed by atoms with E-state index in [-0.39, 0.29) is 5.82 Å². The molecule has 2 atom stereocenters. The van der Waals surface area contributed by atoms with Crippen LogP contribution in [0.15, 0.2) is 24.4 Å². The Kier molecular flexibility index (Phi) is 3.46. The maximum atomic E-state index is 13.6. The minimum atomic E-state index is -0.145. The van der Waals surface area contributed by atoms with E-state index in [1.165, 1.54) is 31.5 Å². The lowest BCUT2D eigenvalue weighted by molar-refractivity contribution is 0.0543. The summed E-state index contributed by atoms with van der Waals surface area (Å²) in [6, 6.07) is 6.40. The van der Waals surface area contributed by atoms with E-state index in [9.17, 15) is 4.39 Å². The lowest BCUT2D eigenvalue weighted by atomic mass is 10.1. The first-order valence-electron chi connectivity index (χ1n) is 8.33. The Hall–Kier alpha value is -1.39. The van der Waals surface area contributed by atoms with Gasteiger partial charge < -0.3 is 4.57 Å². The van der Waals surface area contributed by atoms with Crippen LogP contribution in [0.2, 0.25) is 0 Å². The van der Waals surface area contributed by atoms with Gasteiger partial charge in [-0.25, -0.2) is 4.39 Å². The second kappa shape index (κ2) is 5.36. The Bertz CT molecular complexity index is 693. The molecule has 0 spiro atoms. The van der Waals surface area contributed by atoms with Gasteiger partial charge >= 0.3 is 0 Å². The fourth-order valence-electron chi connectivity index (χ4n) is 4.26. The van der Waals surface area contributed by atoms with Crippen LogP contribution < -0.4 is 0 Å². The van der Waals surface area contributed by atoms with Gasteiger partial charge in [0.05, 0.1) is 0 Å². The highest BCUT2D eigenvalue weighted by molar-refractivity contribution is 5.84. The van der Waals surface area contributed by atoms with Crippen LogP contribution in [0.4, 0.5) is 4.39 Å². The minimum Gasteiger partial charge on any atom is -0.350 e. The van der Waals surface area contributed by atoms with Gasteiger partial charge in [0.15, 0.2) is 0 Å². The first-order chi connectivity index (χ1) is 10.6. The first-order valence-corrected chi connectivity index (χ1v) is 8.33. The van der Waals surface area contributed by atoms with Crippen molar-refractivity contribution < 1.29 is 4.39 Å². The summed E-state index contributed by atoms with van der Waals surface area (Å²) in [4.78, 5) is 5.22. The molecule has 1 aromatic carbocycles. The molecule has 4 rings (SSSR count). The summed E-state index contributed by atoms with van der Waals surface area (Å²) in [7, 11) is 2.04. The molecule has 2 saturated heterocycles. The summed E-state index contributed by atoms with van der Waals surface area (Å²) in [5, 5.41) is 1.06. The van der Waals surface area contributed by atoms with Crippen LogP contribution in [-0.2, 0) is 13.6 Å². The van der Waals surface area contributed by atoms with Gasteiger partial charge in [-0.2, -0.15) is 0 Å². The molecule has 3 heterocycles. The van der Waals surface area contributed by atoms with Gasteiger partial charge in [0.25, 0.3) is 0 Å². The molecule has 2 aliphatic rings. The zero-order chi connectivity index (χ0) is 15.3. The van der Waals surface area contributed by atoms with Crippen LogP contribution in [-0.4, -0.2) is 46.1 Å². The zero-order valence-electron chi connectivity index (χ0n) is 13.4. The van der Waals surface area contributed by atoms with Crippen LogP contribution >= 0.6 is 0 Å². The van der Waals surface area contributed by atoms with Crippen molar-refractivity contribution in [2.75, 3.05) is 19.6 Å². The third kappa shape index (κ3) is 2.34. The third-order valence-corrected chi connectivity index (χ3v) is 5.47. The number of aromatic nitrogens is 1. The predicted octanol–water partition coefficient (Wildman–Crippen LogP) is 2.99. The van der Waals surface area contributed by atoms with Gasteiger partial charge in [-0.05, 0) is 50.1 Å². The molecule has 0 saturated carbocycles. The van der Waals surface area contributed by atoms with Crippen molar-refractivity contribution in [3.63, 3.8) is 0 Å². The fraction of sp³-hybridized carbons (Fsp3) is 0.556. The molecule has 2 aliphatic heterocycles. The maximum Gasteiger partial charge on any atom is 0.123 e. The molecule has 0 bridgehead atoms. The molecular weight excluding hydrogens is 277 g/mol. The predicted molar refractivity (Wildman–Crippen MR) is 87.3 cm³/mol. The Morgan fingerprint density at radius 1 is 1.27 bits per heavy atom. The van der Waals surface area contributed by atoms with E-state index >= 15 is 0 Å². The highest BCUT2D eigenvalue weighted by atomic mass is 19.1. The van der Waals surface area contributed by atoms with E-state index in [1.807, 2.05) is 13.1 Å². The zero-order valence-corrected chi connectivity index (χ0v) is 13.4. The summed E-state index contributed by atoms with van der Waals surface area (Å²) < 4.78 is 15.7. The molecule has 22 heavy (non-hydrogen) atoms. The molecule has 2 fully saturated rings. The number of rotatable bonds is 2. The third-order valence-electron chi connectivity index (χ3n) is 5.47. The Balaban J connectivity index is 1.61. The van der Waals surface area contributed by atoms with Crippen LogP contribution in [0, 0.1) is 5.82 Å². The summed E-state index contributed by atoms with van der Waals surface area (Å²) in [5.41, 5.74) is 2.36. The number of nitrogens with zero attached hydrogens (tertiary/aromatic N) is 3. The van der Waals surface area contributed by atoms with Gasteiger partial charge in [0, 0.05) is 55.9 Å². The summed E-state index contributed by atoms with van der Waals surface area (Å²) >= 11 is 0. The van der Waals surface area contributed by atoms with Crippen LogP contribution in [0.5, 0.6) is 0 Å². The monoisotopic (exact) mass is 301 g/mol. The number of fused-ring (bicyclic) bond motifs is 2. The van der Waals surface area contributed by atoms with Gasteiger partial charge in [-0.3, -0.25) is 9.80 Å². The molecule has 0 unspecified atom stereocenters. The SMILES string of the molecule is C[C@H]1CN2CCC[C@H]2CN1Cc1cn(C)c2ccc(F)cc12. The molecule has 118 valence electrons. The minimum absolute atomic E-state index is 0.145.